The Labute approximate surface area is 164 Å². The molecule has 0 aliphatic carbocycles. The monoisotopic (exact) mass is 405 g/mol. The van der Waals surface area contributed by atoms with E-state index < -0.39 is 23.0 Å². The van der Waals surface area contributed by atoms with Crippen LogP contribution in [0, 0.1) is 12.7 Å². The van der Waals surface area contributed by atoms with Crippen molar-refractivity contribution in [3.63, 3.8) is 0 Å². The van der Waals surface area contributed by atoms with Crippen molar-refractivity contribution in [3.05, 3.63) is 72.8 Å². The molecular formula is C19H17ClFN3O4. The molecule has 0 radical (unpaired) electrons. The lowest BCUT2D eigenvalue weighted by molar-refractivity contribution is 0.0528. The molecule has 0 saturated carbocycles. The van der Waals surface area contributed by atoms with Crippen molar-refractivity contribution in [2.24, 2.45) is 7.05 Å². The van der Waals surface area contributed by atoms with Gasteiger partial charge in [-0.1, -0.05) is 17.7 Å². The van der Waals surface area contributed by atoms with Gasteiger partial charge in [-0.2, -0.15) is 0 Å². The van der Waals surface area contributed by atoms with Gasteiger partial charge in [0.1, 0.15) is 11.5 Å². The third-order valence-electron chi connectivity index (χ3n) is 4.26. The van der Waals surface area contributed by atoms with Crippen LogP contribution in [0.3, 0.4) is 0 Å². The zero-order valence-corrected chi connectivity index (χ0v) is 16.2. The van der Waals surface area contributed by atoms with Gasteiger partial charge in [-0.15, -0.1) is 0 Å². The number of benzene rings is 1. The topological polar surface area (TPSA) is 83.2 Å². The minimum atomic E-state index is -0.700. The van der Waals surface area contributed by atoms with E-state index in [0.29, 0.717) is 11.3 Å². The molecule has 0 unspecified atom stereocenters. The predicted molar refractivity (Wildman–Crippen MR) is 102 cm³/mol. The van der Waals surface area contributed by atoms with Crippen molar-refractivity contribution in [1.29, 1.82) is 0 Å². The minimum absolute atomic E-state index is 0.0237. The van der Waals surface area contributed by atoms with Crippen molar-refractivity contribution in [2.45, 2.75) is 20.4 Å². The Morgan fingerprint density at radius 2 is 2.00 bits per heavy atom. The van der Waals surface area contributed by atoms with Crippen LogP contribution in [0.4, 0.5) is 4.39 Å². The highest BCUT2D eigenvalue weighted by Gasteiger charge is 2.21. The van der Waals surface area contributed by atoms with Gasteiger partial charge in [0.15, 0.2) is 0 Å². The van der Waals surface area contributed by atoms with E-state index in [4.69, 9.17) is 16.3 Å². The van der Waals surface area contributed by atoms with Crippen LogP contribution in [-0.4, -0.2) is 26.7 Å². The summed E-state index contributed by atoms with van der Waals surface area (Å²) in [7, 11) is 1.45. The van der Waals surface area contributed by atoms with E-state index in [9.17, 15) is 18.8 Å². The van der Waals surface area contributed by atoms with Crippen molar-refractivity contribution in [1.82, 2.24) is 14.1 Å². The Bertz CT molecular complexity index is 1220. The molecule has 0 bridgehead atoms. The molecular weight excluding hydrogens is 389 g/mol. The molecule has 0 atom stereocenters. The number of esters is 1. The molecule has 0 amide bonds. The van der Waals surface area contributed by atoms with Gasteiger partial charge in [0.25, 0.3) is 5.56 Å². The fourth-order valence-corrected chi connectivity index (χ4v) is 3.16. The number of hydrogen-bond acceptors (Lipinski definition) is 5. The molecule has 0 N–H and O–H groups in total. The second-order valence-corrected chi connectivity index (χ2v) is 6.61. The largest absolute Gasteiger partial charge is 0.462 e. The van der Waals surface area contributed by atoms with Crippen molar-refractivity contribution in [3.8, 4) is 0 Å². The molecule has 3 rings (SSSR count). The average molecular weight is 406 g/mol. The first-order valence-electron chi connectivity index (χ1n) is 8.46. The maximum absolute atomic E-state index is 13.3. The molecule has 3 aromatic rings. The Morgan fingerprint density at radius 3 is 2.64 bits per heavy atom. The summed E-state index contributed by atoms with van der Waals surface area (Å²) >= 11 is 6.04. The summed E-state index contributed by atoms with van der Waals surface area (Å²) in [6.07, 6.45) is 0. The van der Waals surface area contributed by atoms with Gasteiger partial charge in [-0.25, -0.2) is 19.0 Å². The maximum atomic E-state index is 13.3. The summed E-state index contributed by atoms with van der Waals surface area (Å²) in [4.78, 5) is 42.5. The lowest BCUT2D eigenvalue weighted by Crippen LogP contribution is -2.40. The second-order valence-electron chi connectivity index (χ2n) is 6.20. The van der Waals surface area contributed by atoms with E-state index in [1.54, 1.807) is 13.8 Å². The normalized spacial score (nSPS) is 11.0. The number of halogens is 2. The molecule has 146 valence electrons. The number of aromatic nitrogens is 3. The number of carbonyl (C=O) groups is 1. The van der Waals surface area contributed by atoms with Gasteiger partial charge in [0.05, 0.1) is 24.1 Å². The van der Waals surface area contributed by atoms with E-state index >= 15 is 0 Å². The lowest BCUT2D eigenvalue weighted by Gasteiger charge is -2.14. The molecule has 0 aliphatic heterocycles. The number of ether oxygens (including phenoxy) is 1. The van der Waals surface area contributed by atoms with E-state index in [2.05, 4.69) is 4.98 Å². The molecule has 2 heterocycles. The number of fused-ring (bicyclic) bond motifs is 1. The van der Waals surface area contributed by atoms with E-state index in [0.717, 1.165) is 10.6 Å². The van der Waals surface area contributed by atoms with Gasteiger partial charge < -0.3 is 4.74 Å². The maximum Gasteiger partial charge on any atom is 0.339 e. The zero-order valence-electron chi connectivity index (χ0n) is 15.5. The fourth-order valence-electron chi connectivity index (χ4n) is 2.93. The molecule has 0 aliphatic rings. The van der Waals surface area contributed by atoms with Crippen molar-refractivity contribution in [2.75, 3.05) is 6.61 Å². The fraction of sp³-hybridized carbons (Fsp3) is 0.263. The van der Waals surface area contributed by atoms with Crippen molar-refractivity contribution >= 4 is 28.6 Å². The third kappa shape index (κ3) is 3.43. The van der Waals surface area contributed by atoms with Crippen LogP contribution in [0.5, 0.6) is 0 Å². The Kier molecular flexibility index (Phi) is 5.33. The zero-order chi connectivity index (χ0) is 20.6. The van der Waals surface area contributed by atoms with Crippen LogP contribution < -0.4 is 11.2 Å². The highest BCUT2D eigenvalue weighted by molar-refractivity contribution is 6.31. The van der Waals surface area contributed by atoms with Crippen LogP contribution in [0.1, 0.15) is 28.5 Å². The molecule has 0 spiro atoms. The number of carbonyl (C=O) groups excluding carboxylic acids is 1. The van der Waals surface area contributed by atoms with Crippen LogP contribution >= 0.6 is 11.6 Å². The summed E-state index contributed by atoms with van der Waals surface area (Å²) in [5.74, 6) is -1.21. The summed E-state index contributed by atoms with van der Waals surface area (Å²) in [5, 5.41) is 0.0612. The van der Waals surface area contributed by atoms with Crippen LogP contribution in [0.25, 0.3) is 11.0 Å². The Morgan fingerprint density at radius 1 is 1.29 bits per heavy atom. The second kappa shape index (κ2) is 7.55. The summed E-state index contributed by atoms with van der Waals surface area (Å²) in [6, 6.07) is 5.13. The van der Waals surface area contributed by atoms with Gasteiger partial charge in [0, 0.05) is 17.8 Å². The molecule has 7 nitrogen and oxygen atoms in total. The number of hydrogen-bond donors (Lipinski definition) is 0. The number of aryl methyl sites for hydroxylation is 2. The van der Waals surface area contributed by atoms with Gasteiger partial charge in [-0.05, 0) is 37.6 Å². The number of pyridine rings is 1. The smallest absolute Gasteiger partial charge is 0.339 e. The quantitative estimate of drug-likeness (QED) is 0.622. The lowest BCUT2D eigenvalue weighted by atomic mass is 10.1. The Hall–Kier alpha value is -3.00. The molecule has 0 fully saturated rings. The van der Waals surface area contributed by atoms with Crippen LogP contribution in [-0.2, 0) is 18.3 Å². The summed E-state index contributed by atoms with van der Waals surface area (Å²) < 4.78 is 20.4. The Balaban J connectivity index is 2.32. The van der Waals surface area contributed by atoms with Gasteiger partial charge in [-0.3, -0.25) is 13.9 Å². The summed E-state index contributed by atoms with van der Waals surface area (Å²) in [6.45, 7) is 3.25. The first-order valence-corrected chi connectivity index (χ1v) is 8.84. The molecule has 1 aromatic carbocycles. The predicted octanol–water partition coefficient (Wildman–Crippen LogP) is 2.42. The van der Waals surface area contributed by atoms with E-state index in [-0.39, 0.29) is 34.8 Å². The van der Waals surface area contributed by atoms with Gasteiger partial charge >= 0.3 is 11.7 Å². The minimum Gasteiger partial charge on any atom is -0.462 e. The SMILES string of the molecule is CCOC(=O)c1cc(C)nc2c1c(=O)n(Cc1ccc(F)cc1Cl)c(=O)n2C. The molecule has 0 saturated heterocycles. The first-order chi connectivity index (χ1) is 13.2. The van der Waals surface area contributed by atoms with Gasteiger partial charge in [0.2, 0.25) is 0 Å². The van der Waals surface area contributed by atoms with E-state index in [1.165, 1.54) is 29.8 Å². The molecule has 28 heavy (non-hydrogen) atoms. The highest BCUT2D eigenvalue weighted by atomic mass is 35.5. The van der Waals surface area contributed by atoms with Crippen LogP contribution in [0.2, 0.25) is 5.02 Å². The average Bonchev–Trinajstić information content (AvgIpc) is 2.64. The van der Waals surface area contributed by atoms with Crippen molar-refractivity contribution < 1.29 is 13.9 Å². The standard InChI is InChI=1S/C19H17ClFN3O4/c1-4-28-18(26)13-7-10(2)22-16-15(13)17(25)24(19(27)23(16)3)9-11-5-6-12(21)8-14(11)20/h5-8H,4,9H2,1-3H3. The highest BCUT2D eigenvalue weighted by Crippen LogP contribution is 2.19. The third-order valence-corrected chi connectivity index (χ3v) is 4.61. The van der Waals surface area contributed by atoms with E-state index in [1.807, 2.05) is 0 Å². The molecule has 2 aromatic heterocycles. The first kappa shape index (κ1) is 19.8. The summed E-state index contributed by atoms with van der Waals surface area (Å²) in [5.41, 5.74) is -0.369. The number of nitrogens with zero attached hydrogens (tertiary/aromatic N) is 3. The van der Waals surface area contributed by atoms with Crippen LogP contribution in [0.15, 0.2) is 33.9 Å². The number of rotatable bonds is 4. The molecule has 9 heteroatoms.